The SMILES string of the molecule is C=C1C(C)=C(C#N)C(=O)N1c1cc(Cl)ccc1OC(=O)CC. The topological polar surface area (TPSA) is 70.4 Å². The van der Waals surface area contributed by atoms with Crippen LogP contribution in [0.1, 0.15) is 20.3 Å². The molecule has 2 rings (SSSR count). The van der Waals surface area contributed by atoms with Crippen LogP contribution in [0.15, 0.2) is 41.6 Å². The van der Waals surface area contributed by atoms with E-state index in [1.165, 1.54) is 17.0 Å². The predicted molar refractivity (Wildman–Crippen MR) is 82.3 cm³/mol. The van der Waals surface area contributed by atoms with E-state index in [1.807, 2.05) is 6.07 Å². The van der Waals surface area contributed by atoms with Crippen LogP contribution in [-0.2, 0) is 9.59 Å². The summed E-state index contributed by atoms with van der Waals surface area (Å²) in [6, 6.07) is 6.42. The fourth-order valence-electron chi connectivity index (χ4n) is 2.04. The van der Waals surface area contributed by atoms with E-state index in [9.17, 15) is 9.59 Å². The quantitative estimate of drug-likeness (QED) is 0.633. The van der Waals surface area contributed by atoms with Crippen LogP contribution in [0.4, 0.5) is 5.69 Å². The van der Waals surface area contributed by atoms with Crippen molar-refractivity contribution in [3.63, 3.8) is 0 Å². The molecule has 0 spiro atoms. The number of amides is 1. The number of nitrogens with zero attached hydrogens (tertiary/aromatic N) is 2. The Morgan fingerprint density at radius 3 is 2.73 bits per heavy atom. The molecule has 0 saturated heterocycles. The first-order valence-electron chi connectivity index (χ1n) is 6.55. The van der Waals surface area contributed by atoms with E-state index in [0.717, 1.165) is 0 Å². The zero-order valence-electron chi connectivity index (χ0n) is 12.1. The number of rotatable bonds is 3. The summed E-state index contributed by atoms with van der Waals surface area (Å²) >= 11 is 5.98. The highest BCUT2D eigenvalue weighted by atomic mass is 35.5. The number of hydrogen-bond donors (Lipinski definition) is 0. The summed E-state index contributed by atoms with van der Waals surface area (Å²) < 4.78 is 5.23. The van der Waals surface area contributed by atoms with Crippen molar-refractivity contribution in [3.8, 4) is 11.8 Å². The Labute approximate surface area is 133 Å². The maximum atomic E-state index is 12.4. The molecule has 6 heteroatoms. The Hall–Kier alpha value is -2.58. The highest BCUT2D eigenvalue weighted by Crippen LogP contribution is 2.39. The van der Waals surface area contributed by atoms with Gasteiger partial charge in [-0.15, -0.1) is 0 Å². The van der Waals surface area contributed by atoms with Crippen molar-refractivity contribution in [2.24, 2.45) is 0 Å². The van der Waals surface area contributed by atoms with E-state index < -0.39 is 11.9 Å². The van der Waals surface area contributed by atoms with Gasteiger partial charge in [0.25, 0.3) is 5.91 Å². The predicted octanol–water partition coefficient (Wildman–Crippen LogP) is 3.36. The standard InChI is InChI=1S/C16H13ClN2O3/c1-4-15(20)22-14-6-5-11(17)7-13(14)19-10(3)9(2)12(8-18)16(19)21/h5-7H,3-4H2,1-2H3. The molecule has 0 aliphatic carbocycles. The average Bonchev–Trinajstić information content (AvgIpc) is 2.70. The number of benzene rings is 1. The van der Waals surface area contributed by atoms with Crippen molar-refractivity contribution in [2.45, 2.75) is 20.3 Å². The molecule has 0 aromatic heterocycles. The number of nitriles is 1. The number of carbonyl (C=O) groups excluding carboxylic acids is 2. The molecule has 22 heavy (non-hydrogen) atoms. The van der Waals surface area contributed by atoms with Crippen molar-refractivity contribution >= 4 is 29.2 Å². The van der Waals surface area contributed by atoms with E-state index in [0.29, 0.717) is 16.3 Å². The van der Waals surface area contributed by atoms with Crippen LogP contribution in [0.2, 0.25) is 5.02 Å². The van der Waals surface area contributed by atoms with Crippen LogP contribution in [0.5, 0.6) is 5.75 Å². The summed E-state index contributed by atoms with van der Waals surface area (Å²) in [7, 11) is 0. The Bertz CT molecular complexity index is 759. The molecular weight excluding hydrogens is 304 g/mol. The lowest BCUT2D eigenvalue weighted by Gasteiger charge is -2.21. The third-order valence-corrected chi connectivity index (χ3v) is 3.52. The molecule has 1 aromatic carbocycles. The van der Waals surface area contributed by atoms with Gasteiger partial charge in [-0.05, 0) is 30.7 Å². The van der Waals surface area contributed by atoms with Crippen molar-refractivity contribution in [1.82, 2.24) is 0 Å². The molecule has 1 heterocycles. The Morgan fingerprint density at radius 1 is 1.50 bits per heavy atom. The number of anilines is 1. The first-order valence-corrected chi connectivity index (χ1v) is 6.93. The number of ether oxygens (including phenoxy) is 1. The first kappa shape index (κ1) is 15.8. The summed E-state index contributed by atoms with van der Waals surface area (Å²) in [5, 5.41) is 9.46. The molecule has 1 aliphatic rings. The minimum atomic E-state index is -0.513. The van der Waals surface area contributed by atoms with Gasteiger partial charge in [-0.3, -0.25) is 14.5 Å². The van der Waals surface area contributed by atoms with E-state index in [1.54, 1.807) is 19.9 Å². The van der Waals surface area contributed by atoms with E-state index in [4.69, 9.17) is 21.6 Å². The van der Waals surface area contributed by atoms with Crippen LogP contribution in [0.3, 0.4) is 0 Å². The van der Waals surface area contributed by atoms with Gasteiger partial charge in [-0.2, -0.15) is 5.26 Å². The molecule has 1 aliphatic heterocycles. The van der Waals surface area contributed by atoms with Crippen molar-refractivity contribution in [2.75, 3.05) is 4.90 Å². The molecule has 1 aromatic rings. The van der Waals surface area contributed by atoms with Crippen molar-refractivity contribution in [3.05, 3.63) is 46.6 Å². The molecule has 112 valence electrons. The maximum absolute atomic E-state index is 12.4. The smallest absolute Gasteiger partial charge is 0.310 e. The van der Waals surface area contributed by atoms with Crippen molar-refractivity contribution < 1.29 is 14.3 Å². The lowest BCUT2D eigenvalue weighted by molar-refractivity contribution is -0.134. The van der Waals surface area contributed by atoms with Gasteiger partial charge in [0.1, 0.15) is 11.6 Å². The highest BCUT2D eigenvalue weighted by molar-refractivity contribution is 6.31. The molecule has 0 saturated carbocycles. The van der Waals surface area contributed by atoms with Gasteiger partial charge in [-0.25, -0.2) is 0 Å². The molecule has 0 atom stereocenters. The van der Waals surface area contributed by atoms with Crippen molar-refractivity contribution in [1.29, 1.82) is 5.26 Å². The maximum Gasteiger partial charge on any atom is 0.310 e. The molecule has 0 N–H and O–H groups in total. The molecule has 0 bridgehead atoms. The second kappa shape index (κ2) is 6.04. The van der Waals surface area contributed by atoms with E-state index in [2.05, 4.69) is 6.58 Å². The van der Waals surface area contributed by atoms with Gasteiger partial charge in [0.05, 0.1) is 5.69 Å². The second-order valence-corrected chi connectivity index (χ2v) is 5.08. The molecular formula is C16H13ClN2O3. The number of allylic oxidation sites excluding steroid dienone is 1. The average molecular weight is 317 g/mol. The Kier molecular flexibility index (Phi) is 4.34. The first-order chi connectivity index (χ1) is 10.4. The van der Waals surface area contributed by atoms with Gasteiger partial charge in [0, 0.05) is 17.1 Å². The van der Waals surface area contributed by atoms with Gasteiger partial charge < -0.3 is 4.74 Å². The van der Waals surface area contributed by atoms with Gasteiger partial charge in [-0.1, -0.05) is 25.1 Å². The summed E-state index contributed by atoms with van der Waals surface area (Å²) in [6.45, 7) is 7.13. The molecule has 0 radical (unpaired) electrons. The minimum absolute atomic E-state index is 0.0118. The van der Waals surface area contributed by atoms with E-state index in [-0.39, 0.29) is 23.4 Å². The molecule has 0 unspecified atom stereocenters. The summed E-state index contributed by atoms with van der Waals surface area (Å²) in [6.07, 6.45) is 0.192. The number of halogens is 1. The monoisotopic (exact) mass is 316 g/mol. The van der Waals surface area contributed by atoms with Crippen LogP contribution in [0.25, 0.3) is 0 Å². The lowest BCUT2D eigenvalue weighted by atomic mass is 10.2. The molecule has 0 fully saturated rings. The van der Waals surface area contributed by atoms with Crippen LogP contribution < -0.4 is 9.64 Å². The molecule has 5 nitrogen and oxygen atoms in total. The third-order valence-electron chi connectivity index (χ3n) is 3.28. The third kappa shape index (κ3) is 2.61. The lowest BCUT2D eigenvalue weighted by Crippen LogP contribution is -2.25. The van der Waals surface area contributed by atoms with Gasteiger partial charge in [0.2, 0.25) is 0 Å². The largest absolute Gasteiger partial charge is 0.424 e. The number of carbonyl (C=O) groups is 2. The van der Waals surface area contributed by atoms with E-state index >= 15 is 0 Å². The minimum Gasteiger partial charge on any atom is -0.424 e. The van der Waals surface area contributed by atoms with Crippen LogP contribution >= 0.6 is 11.6 Å². The van der Waals surface area contributed by atoms with Gasteiger partial charge >= 0.3 is 5.97 Å². The fraction of sp³-hybridized carbons (Fsp3) is 0.188. The zero-order valence-corrected chi connectivity index (χ0v) is 12.9. The summed E-state index contributed by atoms with van der Waals surface area (Å²) in [5.74, 6) is -0.759. The normalized spacial score (nSPS) is 14.4. The van der Waals surface area contributed by atoms with Crippen LogP contribution in [0, 0.1) is 11.3 Å². The Balaban J connectivity index is 2.52. The second-order valence-electron chi connectivity index (χ2n) is 4.64. The summed E-state index contributed by atoms with van der Waals surface area (Å²) in [4.78, 5) is 25.1. The van der Waals surface area contributed by atoms with Gasteiger partial charge in [0.15, 0.2) is 5.75 Å². The molecule has 1 amide bonds. The summed E-state index contributed by atoms with van der Waals surface area (Å²) in [5.41, 5.74) is 1.14. The zero-order chi connectivity index (χ0) is 16.4. The van der Waals surface area contributed by atoms with Crippen LogP contribution in [-0.4, -0.2) is 11.9 Å². The Morgan fingerprint density at radius 2 is 2.18 bits per heavy atom. The number of esters is 1. The number of hydrogen-bond acceptors (Lipinski definition) is 4. The highest BCUT2D eigenvalue weighted by Gasteiger charge is 2.34. The fourth-order valence-corrected chi connectivity index (χ4v) is 2.21.